The van der Waals surface area contributed by atoms with Crippen molar-refractivity contribution in [3.8, 4) is 0 Å². The van der Waals surface area contributed by atoms with Gasteiger partial charge in [-0.1, -0.05) is 36.4 Å². The molecule has 0 fully saturated rings. The van der Waals surface area contributed by atoms with Crippen LogP contribution in [-0.2, 0) is 12.8 Å². The molecule has 0 aliphatic rings. The fraction of sp³-hybridized carbons (Fsp3) is 0.294. The molecule has 0 bridgehead atoms. The molecule has 0 heterocycles. The summed E-state index contributed by atoms with van der Waals surface area (Å²) in [4.78, 5) is 0. The lowest BCUT2D eigenvalue weighted by Crippen LogP contribution is -2.23. The first kappa shape index (κ1) is 14.7. The van der Waals surface area contributed by atoms with Crippen molar-refractivity contribution in [1.29, 1.82) is 0 Å². The summed E-state index contributed by atoms with van der Waals surface area (Å²) in [6.07, 6.45) is 1.47. The van der Waals surface area contributed by atoms with E-state index in [1.54, 1.807) is 6.07 Å². The lowest BCUT2D eigenvalue weighted by atomic mass is 9.92. The summed E-state index contributed by atoms with van der Waals surface area (Å²) in [7, 11) is 1.89. The van der Waals surface area contributed by atoms with Crippen LogP contribution in [0.3, 0.4) is 0 Å². The fourth-order valence-corrected chi connectivity index (χ4v) is 2.45. The van der Waals surface area contributed by atoms with Gasteiger partial charge in [0.25, 0.3) is 0 Å². The van der Waals surface area contributed by atoms with E-state index in [1.165, 1.54) is 11.6 Å². The van der Waals surface area contributed by atoms with Gasteiger partial charge >= 0.3 is 0 Å². The highest BCUT2D eigenvalue weighted by Crippen LogP contribution is 2.17. The minimum absolute atomic E-state index is 0.280. The molecule has 0 saturated heterocycles. The van der Waals surface area contributed by atoms with Crippen molar-refractivity contribution < 1.29 is 8.78 Å². The Balaban J connectivity index is 2.09. The molecule has 2 aromatic carbocycles. The zero-order valence-electron chi connectivity index (χ0n) is 11.6. The van der Waals surface area contributed by atoms with Crippen LogP contribution in [0.25, 0.3) is 0 Å². The molecule has 0 aromatic heterocycles. The summed E-state index contributed by atoms with van der Waals surface area (Å²) >= 11 is 0. The zero-order chi connectivity index (χ0) is 14.4. The third-order valence-corrected chi connectivity index (χ3v) is 3.38. The smallest absolute Gasteiger partial charge is 0.129 e. The molecule has 20 heavy (non-hydrogen) atoms. The quantitative estimate of drug-likeness (QED) is 0.849. The van der Waals surface area contributed by atoms with E-state index in [0.29, 0.717) is 12.0 Å². The van der Waals surface area contributed by atoms with Crippen LogP contribution in [0.5, 0.6) is 0 Å². The maximum Gasteiger partial charge on any atom is 0.129 e. The van der Waals surface area contributed by atoms with Crippen molar-refractivity contribution in [2.45, 2.75) is 12.8 Å². The summed E-state index contributed by atoms with van der Waals surface area (Å²) < 4.78 is 26.7. The molecular formula is C17H19F2N. The topological polar surface area (TPSA) is 12.0 Å². The SMILES string of the molecule is CNCC(Cc1ccccc1)Cc1ccc(F)cc1F. The largest absolute Gasteiger partial charge is 0.319 e. The van der Waals surface area contributed by atoms with Crippen LogP contribution in [0.1, 0.15) is 11.1 Å². The predicted molar refractivity (Wildman–Crippen MR) is 77.6 cm³/mol. The van der Waals surface area contributed by atoms with E-state index in [9.17, 15) is 8.78 Å². The number of benzene rings is 2. The molecule has 1 atom stereocenters. The first-order valence-corrected chi connectivity index (χ1v) is 6.81. The monoisotopic (exact) mass is 275 g/mol. The molecule has 0 aliphatic heterocycles. The fourth-order valence-electron chi connectivity index (χ4n) is 2.45. The third-order valence-electron chi connectivity index (χ3n) is 3.38. The second-order valence-electron chi connectivity index (χ2n) is 5.05. The number of halogens is 2. The molecule has 2 rings (SSSR count). The minimum atomic E-state index is -0.528. The van der Waals surface area contributed by atoms with Gasteiger partial charge in [0.1, 0.15) is 11.6 Å². The van der Waals surface area contributed by atoms with Crippen LogP contribution in [0, 0.1) is 17.6 Å². The Labute approximate surface area is 118 Å². The molecule has 1 unspecified atom stereocenters. The molecule has 106 valence electrons. The summed E-state index contributed by atoms with van der Waals surface area (Å²) in [5.41, 5.74) is 1.80. The van der Waals surface area contributed by atoms with Crippen molar-refractivity contribution in [2.24, 2.45) is 5.92 Å². The summed E-state index contributed by atoms with van der Waals surface area (Å²) in [6, 6.07) is 13.9. The first-order valence-electron chi connectivity index (χ1n) is 6.81. The summed E-state index contributed by atoms with van der Waals surface area (Å²) in [5.74, 6) is -0.707. The number of hydrogen-bond donors (Lipinski definition) is 1. The van der Waals surface area contributed by atoms with Crippen LogP contribution in [0.2, 0.25) is 0 Å². The second-order valence-corrected chi connectivity index (χ2v) is 5.05. The van der Waals surface area contributed by atoms with E-state index < -0.39 is 11.6 Å². The Morgan fingerprint density at radius 3 is 2.40 bits per heavy atom. The molecule has 0 saturated carbocycles. The lowest BCUT2D eigenvalue weighted by molar-refractivity contribution is 0.477. The molecular weight excluding hydrogens is 256 g/mol. The Bertz CT molecular complexity index is 540. The van der Waals surface area contributed by atoms with Crippen LogP contribution in [0.4, 0.5) is 8.78 Å². The Kier molecular flexibility index (Phi) is 5.24. The van der Waals surface area contributed by atoms with Gasteiger partial charge in [-0.3, -0.25) is 0 Å². The maximum absolute atomic E-state index is 13.7. The average molecular weight is 275 g/mol. The Morgan fingerprint density at radius 2 is 1.75 bits per heavy atom. The van der Waals surface area contributed by atoms with Crippen LogP contribution in [0.15, 0.2) is 48.5 Å². The number of hydrogen-bond acceptors (Lipinski definition) is 1. The first-order chi connectivity index (χ1) is 9.69. The average Bonchev–Trinajstić information content (AvgIpc) is 2.43. The molecule has 0 amide bonds. The lowest BCUT2D eigenvalue weighted by Gasteiger charge is -2.17. The van der Waals surface area contributed by atoms with Crippen molar-refractivity contribution >= 4 is 0 Å². The highest BCUT2D eigenvalue weighted by Gasteiger charge is 2.13. The van der Waals surface area contributed by atoms with Gasteiger partial charge in [0, 0.05) is 6.07 Å². The molecule has 0 radical (unpaired) electrons. The maximum atomic E-state index is 13.7. The zero-order valence-corrected chi connectivity index (χ0v) is 11.6. The van der Waals surface area contributed by atoms with Gasteiger partial charge in [-0.2, -0.15) is 0 Å². The van der Waals surface area contributed by atoms with Crippen molar-refractivity contribution in [3.05, 3.63) is 71.3 Å². The normalized spacial score (nSPS) is 12.3. The van der Waals surface area contributed by atoms with Gasteiger partial charge in [-0.15, -0.1) is 0 Å². The highest BCUT2D eigenvalue weighted by atomic mass is 19.1. The molecule has 3 heteroatoms. The minimum Gasteiger partial charge on any atom is -0.319 e. The van der Waals surface area contributed by atoms with Crippen molar-refractivity contribution in [2.75, 3.05) is 13.6 Å². The molecule has 2 aromatic rings. The standard InChI is InChI=1S/C17H19F2N/c1-20-12-14(9-13-5-3-2-4-6-13)10-15-7-8-16(18)11-17(15)19/h2-8,11,14,20H,9-10,12H2,1H3. The van der Waals surface area contributed by atoms with E-state index >= 15 is 0 Å². The van der Waals surface area contributed by atoms with Gasteiger partial charge in [-0.25, -0.2) is 8.78 Å². The van der Waals surface area contributed by atoms with E-state index in [1.807, 2.05) is 25.2 Å². The van der Waals surface area contributed by atoms with Crippen molar-refractivity contribution in [1.82, 2.24) is 5.32 Å². The van der Waals surface area contributed by atoms with Crippen molar-refractivity contribution in [3.63, 3.8) is 0 Å². The molecule has 1 N–H and O–H groups in total. The van der Waals surface area contributed by atoms with E-state index in [2.05, 4.69) is 17.4 Å². The van der Waals surface area contributed by atoms with Gasteiger partial charge in [0.05, 0.1) is 0 Å². The van der Waals surface area contributed by atoms with Gasteiger partial charge in [0.15, 0.2) is 0 Å². The number of rotatable bonds is 6. The third kappa shape index (κ3) is 4.14. The van der Waals surface area contributed by atoms with Crippen LogP contribution in [-0.4, -0.2) is 13.6 Å². The Morgan fingerprint density at radius 1 is 1.00 bits per heavy atom. The predicted octanol–water partition coefficient (Wildman–Crippen LogP) is 3.59. The molecule has 1 nitrogen and oxygen atoms in total. The van der Waals surface area contributed by atoms with E-state index in [4.69, 9.17) is 0 Å². The van der Waals surface area contributed by atoms with Gasteiger partial charge in [-0.05, 0) is 49.5 Å². The van der Waals surface area contributed by atoms with E-state index in [-0.39, 0.29) is 5.92 Å². The Hall–Kier alpha value is -1.74. The van der Waals surface area contributed by atoms with Gasteiger partial charge < -0.3 is 5.32 Å². The second kappa shape index (κ2) is 7.15. The summed E-state index contributed by atoms with van der Waals surface area (Å²) in [5, 5.41) is 3.14. The van der Waals surface area contributed by atoms with Crippen LogP contribution >= 0.6 is 0 Å². The van der Waals surface area contributed by atoms with E-state index in [0.717, 1.165) is 19.0 Å². The van der Waals surface area contributed by atoms with Gasteiger partial charge in [0.2, 0.25) is 0 Å². The highest BCUT2D eigenvalue weighted by molar-refractivity contribution is 5.21. The number of nitrogens with one attached hydrogen (secondary N) is 1. The molecule has 0 spiro atoms. The summed E-state index contributed by atoms with van der Waals surface area (Å²) in [6.45, 7) is 0.797. The molecule has 0 aliphatic carbocycles. The van der Waals surface area contributed by atoms with Crippen LogP contribution < -0.4 is 5.32 Å².